The Morgan fingerprint density at radius 3 is 2.24 bits per heavy atom. The standard InChI is InChI=1S/C23H25N3O3/c1-5-17-6-12-20(13-7-17)26-16(4)24-15(3)21(26)22(27)25-14(2)18-8-10-19(11-9-18)23(28)29/h6-14H,5H2,1-4H3,(H,25,27)(H,28,29). The van der Waals surface area contributed by atoms with E-state index in [0.29, 0.717) is 11.4 Å². The largest absolute Gasteiger partial charge is 0.478 e. The van der Waals surface area contributed by atoms with Crippen LogP contribution in [0.4, 0.5) is 0 Å². The molecule has 0 spiro atoms. The van der Waals surface area contributed by atoms with Crippen LogP contribution in [0, 0.1) is 13.8 Å². The molecule has 6 heteroatoms. The third-order valence-electron chi connectivity index (χ3n) is 5.04. The van der Waals surface area contributed by atoms with E-state index >= 15 is 0 Å². The number of carboxylic acid groups (broad SMARTS) is 1. The predicted octanol–water partition coefficient (Wildman–Crippen LogP) is 4.24. The first-order chi connectivity index (χ1) is 13.8. The molecule has 1 aromatic heterocycles. The summed E-state index contributed by atoms with van der Waals surface area (Å²) < 4.78 is 1.87. The van der Waals surface area contributed by atoms with E-state index in [2.05, 4.69) is 29.4 Å². The Bertz CT molecular complexity index is 1030. The van der Waals surface area contributed by atoms with Crippen molar-refractivity contribution in [1.82, 2.24) is 14.9 Å². The van der Waals surface area contributed by atoms with Crippen molar-refractivity contribution < 1.29 is 14.7 Å². The SMILES string of the molecule is CCc1ccc(-n2c(C)nc(C)c2C(=O)NC(C)c2ccc(C(=O)O)cc2)cc1. The Kier molecular flexibility index (Phi) is 5.82. The maximum absolute atomic E-state index is 13.1. The lowest BCUT2D eigenvalue weighted by atomic mass is 10.1. The zero-order chi connectivity index (χ0) is 21.1. The summed E-state index contributed by atoms with van der Waals surface area (Å²) in [7, 11) is 0. The van der Waals surface area contributed by atoms with Crippen molar-refractivity contribution in [1.29, 1.82) is 0 Å². The molecule has 6 nitrogen and oxygen atoms in total. The number of aromatic nitrogens is 2. The molecule has 0 bridgehead atoms. The number of carboxylic acids is 1. The van der Waals surface area contributed by atoms with Gasteiger partial charge in [0, 0.05) is 5.69 Å². The molecule has 0 aliphatic carbocycles. The molecule has 1 heterocycles. The number of aromatic carboxylic acids is 1. The lowest BCUT2D eigenvalue weighted by Crippen LogP contribution is -2.29. The first-order valence-electron chi connectivity index (χ1n) is 9.61. The maximum Gasteiger partial charge on any atom is 0.335 e. The summed E-state index contributed by atoms with van der Waals surface area (Å²) in [6.07, 6.45) is 0.952. The van der Waals surface area contributed by atoms with Gasteiger partial charge < -0.3 is 10.4 Å². The van der Waals surface area contributed by atoms with Crippen LogP contribution in [-0.4, -0.2) is 26.5 Å². The number of rotatable bonds is 6. The quantitative estimate of drug-likeness (QED) is 0.658. The molecule has 0 aliphatic rings. The van der Waals surface area contributed by atoms with E-state index in [1.54, 1.807) is 12.1 Å². The van der Waals surface area contributed by atoms with Gasteiger partial charge in [-0.1, -0.05) is 31.2 Å². The van der Waals surface area contributed by atoms with Gasteiger partial charge in [0.25, 0.3) is 5.91 Å². The molecular weight excluding hydrogens is 366 g/mol. The minimum Gasteiger partial charge on any atom is -0.478 e. The van der Waals surface area contributed by atoms with Crippen LogP contribution in [-0.2, 0) is 6.42 Å². The molecule has 1 atom stereocenters. The summed E-state index contributed by atoms with van der Waals surface area (Å²) in [5, 5.41) is 12.0. The van der Waals surface area contributed by atoms with Crippen LogP contribution in [0.25, 0.3) is 5.69 Å². The molecule has 3 rings (SSSR count). The summed E-state index contributed by atoms with van der Waals surface area (Å²) in [4.78, 5) is 28.6. The van der Waals surface area contributed by atoms with Gasteiger partial charge >= 0.3 is 5.97 Å². The van der Waals surface area contributed by atoms with Gasteiger partial charge in [0.15, 0.2) is 0 Å². The number of nitrogens with zero attached hydrogens (tertiary/aromatic N) is 2. The number of amides is 1. The molecule has 0 fully saturated rings. The lowest BCUT2D eigenvalue weighted by molar-refractivity contribution is 0.0696. The van der Waals surface area contributed by atoms with E-state index in [1.165, 1.54) is 17.7 Å². The van der Waals surface area contributed by atoms with E-state index in [-0.39, 0.29) is 17.5 Å². The first-order valence-corrected chi connectivity index (χ1v) is 9.61. The third-order valence-corrected chi connectivity index (χ3v) is 5.04. The number of hydrogen-bond acceptors (Lipinski definition) is 3. The highest BCUT2D eigenvalue weighted by Crippen LogP contribution is 2.21. The molecule has 2 N–H and O–H groups in total. The van der Waals surface area contributed by atoms with Crippen molar-refractivity contribution in [3.8, 4) is 5.69 Å². The highest BCUT2D eigenvalue weighted by molar-refractivity contribution is 5.94. The Hall–Kier alpha value is -3.41. The average Bonchev–Trinajstić information content (AvgIpc) is 3.01. The molecule has 1 amide bonds. The Balaban J connectivity index is 1.88. The summed E-state index contributed by atoms with van der Waals surface area (Å²) in [6.45, 7) is 7.67. The number of imidazole rings is 1. The highest BCUT2D eigenvalue weighted by Gasteiger charge is 2.22. The van der Waals surface area contributed by atoms with Crippen molar-refractivity contribution >= 4 is 11.9 Å². The fraction of sp³-hybridized carbons (Fsp3) is 0.261. The molecule has 29 heavy (non-hydrogen) atoms. The van der Waals surface area contributed by atoms with Crippen molar-refractivity contribution in [2.24, 2.45) is 0 Å². The number of nitrogens with one attached hydrogen (secondary N) is 1. The van der Waals surface area contributed by atoms with Gasteiger partial charge in [-0.15, -0.1) is 0 Å². The summed E-state index contributed by atoms with van der Waals surface area (Å²) in [5.74, 6) is -0.454. The minimum absolute atomic E-state index is 0.215. The van der Waals surface area contributed by atoms with Crippen LogP contribution >= 0.6 is 0 Å². The average molecular weight is 391 g/mol. The second-order valence-corrected chi connectivity index (χ2v) is 7.07. The number of carbonyl (C=O) groups excluding carboxylic acids is 1. The van der Waals surface area contributed by atoms with Crippen LogP contribution in [0.5, 0.6) is 0 Å². The molecule has 0 radical (unpaired) electrons. The van der Waals surface area contributed by atoms with E-state index < -0.39 is 5.97 Å². The Morgan fingerprint density at radius 1 is 1.07 bits per heavy atom. The van der Waals surface area contributed by atoms with Crippen molar-refractivity contribution in [2.45, 2.75) is 40.2 Å². The van der Waals surface area contributed by atoms with Crippen LogP contribution in [0.2, 0.25) is 0 Å². The molecule has 2 aromatic carbocycles. The van der Waals surface area contributed by atoms with Crippen molar-refractivity contribution in [3.63, 3.8) is 0 Å². The second-order valence-electron chi connectivity index (χ2n) is 7.07. The van der Waals surface area contributed by atoms with Gasteiger partial charge in [-0.3, -0.25) is 9.36 Å². The summed E-state index contributed by atoms with van der Waals surface area (Å²) in [5.41, 5.74) is 4.33. The van der Waals surface area contributed by atoms with Crippen molar-refractivity contribution in [2.75, 3.05) is 0 Å². The van der Waals surface area contributed by atoms with Gasteiger partial charge in [0.1, 0.15) is 11.5 Å². The molecule has 0 aliphatic heterocycles. The van der Waals surface area contributed by atoms with Gasteiger partial charge in [-0.2, -0.15) is 0 Å². The fourth-order valence-corrected chi connectivity index (χ4v) is 3.39. The van der Waals surface area contributed by atoms with E-state index in [1.807, 2.05) is 37.5 Å². The van der Waals surface area contributed by atoms with Crippen LogP contribution < -0.4 is 5.32 Å². The van der Waals surface area contributed by atoms with Gasteiger partial charge in [-0.05, 0) is 62.6 Å². The topological polar surface area (TPSA) is 84.2 Å². The second kappa shape index (κ2) is 8.31. The van der Waals surface area contributed by atoms with Crippen molar-refractivity contribution in [3.05, 3.63) is 82.4 Å². The minimum atomic E-state index is -0.975. The van der Waals surface area contributed by atoms with E-state index in [0.717, 1.165) is 23.5 Å². The number of carbonyl (C=O) groups is 2. The first kappa shape index (κ1) is 20.3. The number of hydrogen-bond donors (Lipinski definition) is 2. The van der Waals surface area contributed by atoms with E-state index in [4.69, 9.17) is 5.11 Å². The summed E-state index contributed by atoms with van der Waals surface area (Å²) in [6, 6.07) is 14.3. The smallest absolute Gasteiger partial charge is 0.335 e. The zero-order valence-electron chi connectivity index (χ0n) is 17.1. The van der Waals surface area contributed by atoms with Crippen LogP contribution in [0.3, 0.4) is 0 Å². The summed E-state index contributed by atoms with van der Waals surface area (Å²) >= 11 is 0. The molecule has 0 saturated heterocycles. The fourth-order valence-electron chi connectivity index (χ4n) is 3.39. The normalized spacial score (nSPS) is 11.9. The zero-order valence-corrected chi connectivity index (χ0v) is 17.1. The lowest BCUT2D eigenvalue weighted by Gasteiger charge is -2.17. The van der Waals surface area contributed by atoms with Gasteiger partial charge in [0.05, 0.1) is 17.3 Å². The monoisotopic (exact) mass is 391 g/mol. The predicted molar refractivity (Wildman–Crippen MR) is 112 cm³/mol. The molecule has 3 aromatic rings. The van der Waals surface area contributed by atoms with E-state index in [9.17, 15) is 9.59 Å². The van der Waals surface area contributed by atoms with Crippen LogP contribution in [0.15, 0.2) is 48.5 Å². The van der Waals surface area contributed by atoms with Gasteiger partial charge in [0.2, 0.25) is 0 Å². The molecule has 150 valence electrons. The molecular formula is C23H25N3O3. The van der Waals surface area contributed by atoms with Gasteiger partial charge in [-0.25, -0.2) is 9.78 Å². The maximum atomic E-state index is 13.1. The number of benzene rings is 2. The Morgan fingerprint density at radius 2 is 1.69 bits per heavy atom. The third kappa shape index (κ3) is 4.21. The highest BCUT2D eigenvalue weighted by atomic mass is 16.4. The van der Waals surface area contributed by atoms with Crippen LogP contribution in [0.1, 0.15) is 63.4 Å². The molecule has 0 saturated carbocycles. The molecule has 1 unspecified atom stereocenters. The number of aryl methyl sites for hydroxylation is 3. The Labute approximate surface area is 170 Å².